The molecule has 3 unspecified atom stereocenters. The largest absolute Gasteiger partial charge is 0.338 e. The number of amides is 3. The minimum Gasteiger partial charge on any atom is -0.338 e. The van der Waals surface area contributed by atoms with E-state index < -0.39 is 0 Å². The molecule has 128 valence electrons. The van der Waals surface area contributed by atoms with Gasteiger partial charge in [-0.3, -0.25) is 14.4 Å². The van der Waals surface area contributed by atoms with Gasteiger partial charge in [-0.1, -0.05) is 19.7 Å². The van der Waals surface area contributed by atoms with Crippen molar-refractivity contribution in [2.45, 2.75) is 12.5 Å². The van der Waals surface area contributed by atoms with Gasteiger partial charge in [-0.2, -0.15) is 0 Å². The molecular weight excluding hydrogens is 306 g/mol. The van der Waals surface area contributed by atoms with Gasteiger partial charge in [0.15, 0.2) is 0 Å². The van der Waals surface area contributed by atoms with Gasteiger partial charge in [-0.05, 0) is 24.6 Å². The van der Waals surface area contributed by atoms with Crippen LogP contribution >= 0.6 is 0 Å². The number of carbonyl (C=O) groups is 3. The van der Waals surface area contributed by atoms with E-state index in [1.807, 2.05) is 4.90 Å². The molecule has 3 aliphatic heterocycles. The number of hydrogen-bond donors (Lipinski definition) is 0. The van der Waals surface area contributed by atoms with E-state index in [1.54, 1.807) is 9.80 Å². The lowest BCUT2D eigenvalue weighted by Crippen LogP contribution is -2.48. The first-order valence-electron chi connectivity index (χ1n) is 8.21. The van der Waals surface area contributed by atoms with Crippen molar-refractivity contribution < 1.29 is 14.4 Å². The molecule has 0 saturated carbocycles. The molecular formula is C18H23N3O3. The highest BCUT2D eigenvalue weighted by Gasteiger charge is 2.60. The molecule has 24 heavy (non-hydrogen) atoms. The molecule has 6 heteroatoms. The van der Waals surface area contributed by atoms with Crippen LogP contribution in [0.3, 0.4) is 0 Å². The Morgan fingerprint density at radius 1 is 0.875 bits per heavy atom. The molecule has 3 fully saturated rings. The molecule has 0 aromatic carbocycles. The fourth-order valence-electron chi connectivity index (χ4n) is 4.66. The van der Waals surface area contributed by atoms with E-state index in [0.29, 0.717) is 39.1 Å². The van der Waals surface area contributed by atoms with Crippen LogP contribution < -0.4 is 0 Å². The van der Waals surface area contributed by atoms with Gasteiger partial charge >= 0.3 is 0 Å². The van der Waals surface area contributed by atoms with Crippen molar-refractivity contribution in [1.82, 2.24) is 14.7 Å². The first-order valence-corrected chi connectivity index (χ1v) is 8.21. The average molecular weight is 329 g/mol. The van der Waals surface area contributed by atoms with E-state index in [0.717, 1.165) is 0 Å². The maximum Gasteiger partial charge on any atom is 0.246 e. The first kappa shape index (κ1) is 16.5. The molecule has 0 aromatic rings. The van der Waals surface area contributed by atoms with Gasteiger partial charge in [0.25, 0.3) is 0 Å². The molecule has 3 atom stereocenters. The summed E-state index contributed by atoms with van der Waals surface area (Å²) in [6.45, 7) is 13.6. The molecule has 6 nitrogen and oxygen atoms in total. The summed E-state index contributed by atoms with van der Waals surface area (Å²) in [4.78, 5) is 41.9. The summed E-state index contributed by atoms with van der Waals surface area (Å²) in [7, 11) is 0. The molecule has 0 spiro atoms. The molecule has 0 N–H and O–H groups in total. The van der Waals surface area contributed by atoms with Gasteiger partial charge in [0.1, 0.15) is 0 Å². The zero-order valence-electron chi connectivity index (χ0n) is 13.8. The third-order valence-corrected chi connectivity index (χ3v) is 5.69. The van der Waals surface area contributed by atoms with Crippen molar-refractivity contribution in [1.29, 1.82) is 0 Å². The van der Waals surface area contributed by atoms with Crippen LogP contribution in [0.25, 0.3) is 0 Å². The lowest BCUT2D eigenvalue weighted by atomic mass is 9.78. The SMILES string of the molecule is C=CC(=O)N1CCC2C3CN(C(=O)C=C)CC3(C1)CN2C(=O)C=C. The fraction of sp³-hybridized carbons (Fsp3) is 0.500. The predicted molar refractivity (Wildman–Crippen MR) is 89.8 cm³/mol. The number of rotatable bonds is 3. The van der Waals surface area contributed by atoms with Gasteiger partial charge in [0.2, 0.25) is 17.7 Å². The monoisotopic (exact) mass is 329 g/mol. The quantitative estimate of drug-likeness (QED) is 0.706. The van der Waals surface area contributed by atoms with Crippen LogP contribution in [-0.2, 0) is 14.4 Å². The summed E-state index contributed by atoms with van der Waals surface area (Å²) < 4.78 is 0. The van der Waals surface area contributed by atoms with Crippen molar-refractivity contribution in [2.24, 2.45) is 11.3 Å². The van der Waals surface area contributed by atoms with Crippen molar-refractivity contribution in [3.05, 3.63) is 38.0 Å². The Kier molecular flexibility index (Phi) is 4.07. The van der Waals surface area contributed by atoms with Gasteiger partial charge in [-0.25, -0.2) is 0 Å². The van der Waals surface area contributed by atoms with Gasteiger partial charge < -0.3 is 14.7 Å². The second kappa shape index (κ2) is 5.92. The normalized spacial score (nSPS) is 31.2. The van der Waals surface area contributed by atoms with Crippen LogP contribution in [0.2, 0.25) is 0 Å². The summed E-state index contributed by atoms with van der Waals surface area (Å²) in [5.41, 5.74) is -0.281. The van der Waals surface area contributed by atoms with Gasteiger partial charge in [0.05, 0.1) is 0 Å². The van der Waals surface area contributed by atoms with Crippen LogP contribution in [-0.4, -0.2) is 71.2 Å². The average Bonchev–Trinajstić information content (AvgIpc) is 3.03. The number of nitrogens with zero attached hydrogens (tertiary/aromatic N) is 3. The standard InChI is InChI=1S/C18H23N3O3/c1-4-15(22)19-8-7-14-13-9-20(16(23)5-2)11-18(13,10-19)12-21(14)17(24)6-3/h4-6,13-14H,1-3,7-12H2. The van der Waals surface area contributed by atoms with E-state index in [-0.39, 0.29) is 35.1 Å². The van der Waals surface area contributed by atoms with E-state index >= 15 is 0 Å². The highest BCUT2D eigenvalue weighted by atomic mass is 16.2. The minimum absolute atomic E-state index is 0.0285. The zero-order chi connectivity index (χ0) is 17.5. The predicted octanol–water partition coefficient (Wildman–Crippen LogP) is 0.432. The summed E-state index contributed by atoms with van der Waals surface area (Å²) in [5.74, 6) is -0.0798. The van der Waals surface area contributed by atoms with Crippen molar-refractivity contribution in [3.63, 3.8) is 0 Å². The molecule has 0 radical (unpaired) electrons. The van der Waals surface area contributed by atoms with E-state index in [2.05, 4.69) is 19.7 Å². The number of likely N-dealkylation sites (tertiary alicyclic amines) is 3. The number of carbonyl (C=O) groups excluding carboxylic acids is 3. The molecule has 0 aliphatic carbocycles. The summed E-state index contributed by atoms with van der Waals surface area (Å²) in [5, 5.41) is 0. The maximum atomic E-state index is 12.3. The van der Waals surface area contributed by atoms with Crippen LogP contribution in [0, 0.1) is 11.3 Å². The topological polar surface area (TPSA) is 60.9 Å². The van der Waals surface area contributed by atoms with Crippen LogP contribution in [0.15, 0.2) is 38.0 Å². The first-order chi connectivity index (χ1) is 11.5. The number of hydrogen-bond acceptors (Lipinski definition) is 3. The Balaban J connectivity index is 1.94. The van der Waals surface area contributed by atoms with Crippen LogP contribution in [0.4, 0.5) is 0 Å². The van der Waals surface area contributed by atoms with E-state index in [1.165, 1.54) is 18.2 Å². The van der Waals surface area contributed by atoms with Crippen molar-refractivity contribution in [2.75, 3.05) is 32.7 Å². The minimum atomic E-state index is -0.281. The highest BCUT2D eigenvalue weighted by Crippen LogP contribution is 2.49. The molecule has 3 aliphatic rings. The Hall–Kier alpha value is -2.37. The van der Waals surface area contributed by atoms with Gasteiger partial charge in [-0.15, -0.1) is 0 Å². The Morgan fingerprint density at radius 3 is 2.08 bits per heavy atom. The lowest BCUT2D eigenvalue weighted by molar-refractivity contribution is -0.130. The van der Waals surface area contributed by atoms with Crippen molar-refractivity contribution >= 4 is 17.7 Å². The molecule has 3 amide bonds. The second-order valence-electron chi connectivity index (χ2n) is 6.88. The summed E-state index contributed by atoms with van der Waals surface area (Å²) >= 11 is 0. The summed E-state index contributed by atoms with van der Waals surface area (Å²) in [6.07, 6.45) is 4.72. The molecule has 0 aromatic heterocycles. The molecule has 3 heterocycles. The molecule has 2 bridgehead atoms. The Morgan fingerprint density at radius 2 is 1.46 bits per heavy atom. The Labute approximate surface area is 142 Å². The highest BCUT2D eigenvalue weighted by molar-refractivity contribution is 5.89. The van der Waals surface area contributed by atoms with Crippen LogP contribution in [0.1, 0.15) is 6.42 Å². The van der Waals surface area contributed by atoms with E-state index in [4.69, 9.17) is 0 Å². The molecule has 3 rings (SSSR count). The summed E-state index contributed by atoms with van der Waals surface area (Å²) in [6, 6.07) is 0.0285. The smallest absolute Gasteiger partial charge is 0.246 e. The zero-order valence-corrected chi connectivity index (χ0v) is 13.8. The van der Waals surface area contributed by atoms with Gasteiger partial charge in [0, 0.05) is 50.1 Å². The fourth-order valence-corrected chi connectivity index (χ4v) is 4.66. The van der Waals surface area contributed by atoms with Crippen LogP contribution in [0.5, 0.6) is 0 Å². The van der Waals surface area contributed by atoms with Crippen molar-refractivity contribution in [3.8, 4) is 0 Å². The third kappa shape index (κ3) is 2.37. The lowest BCUT2D eigenvalue weighted by Gasteiger charge is -2.35. The maximum absolute atomic E-state index is 12.3. The second-order valence-corrected chi connectivity index (χ2v) is 6.88. The van der Waals surface area contributed by atoms with E-state index in [9.17, 15) is 14.4 Å². The Bertz CT molecular complexity index is 629. The third-order valence-electron chi connectivity index (χ3n) is 5.69. The molecule has 3 saturated heterocycles.